The van der Waals surface area contributed by atoms with Gasteiger partial charge in [-0.15, -0.1) is 5.10 Å². The van der Waals surface area contributed by atoms with Crippen LogP contribution in [-0.4, -0.2) is 33.4 Å². The van der Waals surface area contributed by atoms with Crippen LogP contribution in [0, 0.1) is 6.92 Å². The summed E-state index contributed by atoms with van der Waals surface area (Å²) >= 11 is 1.33. The van der Waals surface area contributed by atoms with Crippen LogP contribution < -0.4 is 5.32 Å². The van der Waals surface area contributed by atoms with E-state index < -0.39 is 0 Å². The van der Waals surface area contributed by atoms with Crippen molar-refractivity contribution in [1.29, 1.82) is 0 Å². The Morgan fingerprint density at radius 1 is 1.37 bits per heavy atom. The number of H-pyrrole nitrogens is 1. The first kappa shape index (κ1) is 13.6. The minimum absolute atomic E-state index is 0.00313. The first-order chi connectivity index (χ1) is 9.24. The Bertz CT molecular complexity index is 526. The Morgan fingerprint density at radius 2 is 2.16 bits per heavy atom. The van der Waals surface area contributed by atoms with Crippen molar-refractivity contribution in [2.45, 2.75) is 18.5 Å². The zero-order valence-corrected chi connectivity index (χ0v) is 11.5. The van der Waals surface area contributed by atoms with Gasteiger partial charge >= 0.3 is 0 Å². The van der Waals surface area contributed by atoms with Crippen molar-refractivity contribution in [3.05, 3.63) is 41.7 Å². The molecule has 0 aliphatic carbocycles. The predicted octanol–water partition coefficient (Wildman–Crippen LogP) is 1.56. The van der Waals surface area contributed by atoms with E-state index in [1.807, 2.05) is 25.1 Å². The highest BCUT2D eigenvalue weighted by Gasteiger charge is 2.05. The van der Waals surface area contributed by atoms with Crippen LogP contribution in [0.3, 0.4) is 0 Å². The number of thioether (sulfide) groups is 1. The number of carbonyl (C=O) groups is 1. The van der Waals surface area contributed by atoms with E-state index in [0.717, 1.165) is 12.2 Å². The predicted molar refractivity (Wildman–Crippen MR) is 75.0 cm³/mol. The second-order valence-corrected chi connectivity index (χ2v) is 5.02. The van der Waals surface area contributed by atoms with Crippen molar-refractivity contribution in [2.75, 3.05) is 12.3 Å². The fraction of sp³-hybridized carbons (Fsp3) is 0.308. The minimum Gasteiger partial charge on any atom is -0.355 e. The van der Waals surface area contributed by atoms with Crippen LogP contribution >= 0.6 is 11.8 Å². The van der Waals surface area contributed by atoms with Gasteiger partial charge in [-0.1, -0.05) is 42.1 Å². The van der Waals surface area contributed by atoms with E-state index in [4.69, 9.17) is 0 Å². The SMILES string of the molecule is Cc1nc(SCC(=O)NCCc2ccccc2)n[nH]1. The Morgan fingerprint density at radius 3 is 2.84 bits per heavy atom. The Kier molecular flexibility index (Phi) is 4.97. The quantitative estimate of drug-likeness (QED) is 0.786. The second kappa shape index (κ2) is 6.94. The lowest BCUT2D eigenvalue weighted by atomic mass is 10.1. The van der Waals surface area contributed by atoms with Crippen molar-refractivity contribution >= 4 is 17.7 Å². The van der Waals surface area contributed by atoms with Crippen molar-refractivity contribution in [3.63, 3.8) is 0 Å². The number of aromatic nitrogens is 3. The molecule has 0 aliphatic rings. The van der Waals surface area contributed by atoms with E-state index in [9.17, 15) is 4.79 Å². The fourth-order valence-electron chi connectivity index (χ4n) is 1.56. The molecule has 0 radical (unpaired) electrons. The molecular formula is C13H16N4OS. The lowest BCUT2D eigenvalue weighted by Gasteiger charge is -2.04. The number of amides is 1. The molecule has 2 N–H and O–H groups in total. The molecule has 0 unspecified atom stereocenters. The maximum absolute atomic E-state index is 11.6. The summed E-state index contributed by atoms with van der Waals surface area (Å²) in [5, 5.41) is 10.2. The average molecular weight is 276 g/mol. The van der Waals surface area contributed by atoms with Gasteiger partial charge in [0, 0.05) is 6.54 Å². The molecule has 2 aromatic rings. The lowest BCUT2D eigenvalue weighted by molar-refractivity contribution is -0.118. The van der Waals surface area contributed by atoms with Crippen molar-refractivity contribution in [1.82, 2.24) is 20.5 Å². The van der Waals surface area contributed by atoms with E-state index in [1.54, 1.807) is 0 Å². The summed E-state index contributed by atoms with van der Waals surface area (Å²) in [5.41, 5.74) is 1.22. The fourth-order valence-corrected chi connectivity index (χ4v) is 2.23. The van der Waals surface area contributed by atoms with Crippen LogP contribution in [0.2, 0.25) is 0 Å². The lowest BCUT2D eigenvalue weighted by Crippen LogP contribution is -2.27. The minimum atomic E-state index is 0.00313. The number of carbonyl (C=O) groups excluding carboxylic acids is 1. The summed E-state index contributed by atoms with van der Waals surface area (Å²) in [6, 6.07) is 10.1. The standard InChI is InChI=1S/C13H16N4OS/c1-10-15-13(17-16-10)19-9-12(18)14-8-7-11-5-3-2-4-6-11/h2-6H,7-9H2,1H3,(H,14,18)(H,15,16,17). The summed E-state index contributed by atoms with van der Waals surface area (Å²) in [6.07, 6.45) is 0.844. The number of aromatic amines is 1. The molecule has 0 atom stereocenters. The van der Waals surface area contributed by atoms with Gasteiger partial charge in [-0.05, 0) is 18.9 Å². The third-order valence-electron chi connectivity index (χ3n) is 2.49. The van der Waals surface area contributed by atoms with Gasteiger partial charge in [-0.25, -0.2) is 4.98 Å². The third-order valence-corrected chi connectivity index (χ3v) is 3.34. The zero-order chi connectivity index (χ0) is 13.5. The molecule has 1 amide bonds. The molecule has 0 fully saturated rings. The molecule has 2 rings (SSSR count). The highest BCUT2D eigenvalue weighted by Crippen LogP contribution is 2.10. The molecule has 100 valence electrons. The molecule has 6 heteroatoms. The Labute approximate surface area is 116 Å². The monoisotopic (exact) mass is 276 g/mol. The first-order valence-electron chi connectivity index (χ1n) is 6.06. The largest absolute Gasteiger partial charge is 0.355 e. The van der Waals surface area contributed by atoms with Gasteiger partial charge in [0.15, 0.2) is 0 Å². The van der Waals surface area contributed by atoms with E-state index in [2.05, 4.69) is 32.6 Å². The Hall–Kier alpha value is -1.82. The number of nitrogens with zero attached hydrogens (tertiary/aromatic N) is 2. The van der Waals surface area contributed by atoms with Gasteiger partial charge in [0.2, 0.25) is 11.1 Å². The van der Waals surface area contributed by atoms with Gasteiger partial charge in [-0.2, -0.15) is 0 Å². The summed E-state index contributed by atoms with van der Waals surface area (Å²) in [6.45, 7) is 2.48. The van der Waals surface area contributed by atoms with E-state index >= 15 is 0 Å². The number of rotatable bonds is 6. The summed E-state index contributed by atoms with van der Waals surface area (Å²) in [5.74, 6) is 1.10. The van der Waals surface area contributed by atoms with Gasteiger partial charge < -0.3 is 5.32 Å². The van der Waals surface area contributed by atoms with Crippen LogP contribution in [0.25, 0.3) is 0 Å². The molecule has 0 saturated heterocycles. The van der Waals surface area contributed by atoms with E-state index in [-0.39, 0.29) is 5.91 Å². The molecule has 0 bridgehead atoms. The maximum atomic E-state index is 11.6. The molecule has 1 aromatic carbocycles. The topological polar surface area (TPSA) is 70.7 Å². The van der Waals surface area contributed by atoms with Crippen LogP contribution in [0.1, 0.15) is 11.4 Å². The normalized spacial score (nSPS) is 10.4. The van der Waals surface area contributed by atoms with Gasteiger partial charge in [-0.3, -0.25) is 9.89 Å². The van der Waals surface area contributed by atoms with Crippen molar-refractivity contribution in [3.8, 4) is 0 Å². The number of hydrogen-bond donors (Lipinski definition) is 2. The molecular weight excluding hydrogens is 260 g/mol. The molecule has 1 aromatic heterocycles. The molecule has 19 heavy (non-hydrogen) atoms. The zero-order valence-electron chi connectivity index (χ0n) is 10.7. The highest BCUT2D eigenvalue weighted by molar-refractivity contribution is 7.99. The summed E-state index contributed by atoms with van der Waals surface area (Å²) in [7, 11) is 0. The number of benzene rings is 1. The molecule has 0 aliphatic heterocycles. The average Bonchev–Trinajstić information content (AvgIpc) is 2.83. The third kappa shape index (κ3) is 4.75. The maximum Gasteiger partial charge on any atom is 0.230 e. The molecule has 0 saturated carbocycles. The van der Waals surface area contributed by atoms with Gasteiger partial charge in [0.1, 0.15) is 5.82 Å². The van der Waals surface area contributed by atoms with Gasteiger partial charge in [0.05, 0.1) is 5.75 Å². The number of nitrogens with one attached hydrogen (secondary N) is 2. The van der Waals surface area contributed by atoms with Crippen LogP contribution in [-0.2, 0) is 11.2 Å². The van der Waals surface area contributed by atoms with E-state index in [0.29, 0.717) is 17.5 Å². The van der Waals surface area contributed by atoms with Gasteiger partial charge in [0.25, 0.3) is 0 Å². The molecule has 5 nitrogen and oxygen atoms in total. The summed E-state index contributed by atoms with van der Waals surface area (Å²) in [4.78, 5) is 15.7. The van der Waals surface area contributed by atoms with Crippen LogP contribution in [0.15, 0.2) is 35.5 Å². The van der Waals surface area contributed by atoms with Crippen molar-refractivity contribution < 1.29 is 4.79 Å². The van der Waals surface area contributed by atoms with E-state index in [1.165, 1.54) is 17.3 Å². The number of hydrogen-bond acceptors (Lipinski definition) is 4. The molecule has 0 spiro atoms. The Balaban J connectivity index is 1.65. The second-order valence-electron chi connectivity index (χ2n) is 4.08. The van der Waals surface area contributed by atoms with Crippen molar-refractivity contribution in [2.24, 2.45) is 0 Å². The summed E-state index contributed by atoms with van der Waals surface area (Å²) < 4.78 is 0. The number of aryl methyl sites for hydroxylation is 1. The first-order valence-corrected chi connectivity index (χ1v) is 7.05. The highest BCUT2D eigenvalue weighted by atomic mass is 32.2. The van der Waals surface area contributed by atoms with Crippen LogP contribution in [0.4, 0.5) is 0 Å². The smallest absolute Gasteiger partial charge is 0.230 e. The molecule has 1 heterocycles. The van der Waals surface area contributed by atoms with Crippen LogP contribution in [0.5, 0.6) is 0 Å².